The zero-order chi connectivity index (χ0) is 20.6. The summed E-state index contributed by atoms with van der Waals surface area (Å²) in [5.74, 6) is -1.67. The largest absolute Gasteiger partial charge is 0.368 e. The van der Waals surface area contributed by atoms with Crippen molar-refractivity contribution in [3.8, 4) is 0 Å². The third kappa shape index (κ3) is 3.73. The maximum absolute atomic E-state index is 13.3. The van der Waals surface area contributed by atoms with Crippen LogP contribution in [0, 0.1) is 5.82 Å². The minimum absolute atomic E-state index is 0.243. The van der Waals surface area contributed by atoms with Gasteiger partial charge in [0.2, 0.25) is 17.7 Å². The highest BCUT2D eigenvalue weighted by atomic mass is 19.1. The van der Waals surface area contributed by atoms with Crippen LogP contribution in [0.5, 0.6) is 0 Å². The first-order valence-electron chi connectivity index (χ1n) is 9.53. The van der Waals surface area contributed by atoms with Crippen LogP contribution in [0.2, 0.25) is 0 Å². The smallest absolute Gasteiger partial charge is 0.246 e. The Morgan fingerprint density at radius 2 is 1.61 bits per heavy atom. The number of nitrogens with one attached hydrogen (secondary N) is 3. The van der Waals surface area contributed by atoms with E-state index in [0.29, 0.717) is 38.8 Å². The molecule has 1 aromatic carbocycles. The lowest BCUT2D eigenvalue weighted by Crippen LogP contribution is -2.67. The number of benzene rings is 1. The van der Waals surface area contributed by atoms with Crippen LogP contribution in [0.3, 0.4) is 0 Å². The molecule has 2 fully saturated rings. The van der Waals surface area contributed by atoms with Crippen molar-refractivity contribution in [1.82, 2.24) is 16.0 Å². The highest BCUT2D eigenvalue weighted by Crippen LogP contribution is 2.49. The SMILES string of the molecule is CC(C)(NC(=O)C1(NC(=O)C2(c3ccc(F)cc3)CC2)CCNCC1)C(N)=O. The Bertz CT molecular complexity index is 781. The van der Waals surface area contributed by atoms with Crippen molar-refractivity contribution in [1.29, 1.82) is 0 Å². The van der Waals surface area contributed by atoms with E-state index in [1.807, 2.05) is 0 Å². The molecule has 0 atom stereocenters. The lowest BCUT2D eigenvalue weighted by Gasteiger charge is -2.40. The van der Waals surface area contributed by atoms with Crippen LogP contribution >= 0.6 is 0 Å². The molecule has 1 aliphatic heterocycles. The standard InChI is InChI=1S/C20H27FN4O3/c1-18(2,15(22)26)24-17(28)20(9-11-23-12-10-20)25-16(27)19(7-8-19)13-3-5-14(21)6-4-13/h3-6,23H,7-12H2,1-2H3,(H2,22,26)(H,24,28)(H,25,27). The van der Waals surface area contributed by atoms with E-state index in [4.69, 9.17) is 5.73 Å². The molecule has 1 saturated heterocycles. The van der Waals surface area contributed by atoms with Crippen molar-refractivity contribution in [2.24, 2.45) is 5.73 Å². The molecule has 0 unspecified atom stereocenters. The van der Waals surface area contributed by atoms with Gasteiger partial charge in [0.05, 0.1) is 5.41 Å². The van der Waals surface area contributed by atoms with Gasteiger partial charge in [0.15, 0.2) is 0 Å². The van der Waals surface area contributed by atoms with E-state index in [1.165, 1.54) is 26.0 Å². The molecular formula is C20H27FN4O3. The Balaban J connectivity index is 1.82. The molecule has 0 aromatic heterocycles. The van der Waals surface area contributed by atoms with Crippen LogP contribution in [-0.4, -0.2) is 41.9 Å². The molecule has 8 heteroatoms. The molecule has 0 radical (unpaired) electrons. The van der Waals surface area contributed by atoms with E-state index in [0.717, 1.165) is 5.56 Å². The van der Waals surface area contributed by atoms with Crippen molar-refractivity contribution in [2.45, 2.75) is 56.0 Å². The summed E-state index contributed by atoms with van der Waals surface area (Å²) in [6.07, 6.45) is 2.10. The Morgan fingerprint density at radius 3 is 2.11 bits per heavy atom. The van der Waals surface area contributed by atoms with Gasteiger partial charge in [0, 0.05) is 0 Å². The maximum atomic E-state index is 13.3. The highest BCUT2D eigenvalue weighted by molar-refractivity contribution is 5.99. The number of hydrogen-bond acceptors (Lipinski definition) is 4. The van der Waals surface area contributed by atoms with Gasteiger partial charge in [0.25, 0.3) is 0 Å². The van der Waals surface area contributed by atoms with Gasteiger partial charge in [-0.3, -0.25) is 14.4 Å². The van der Waals surface area contributed by atoms with Gasteiger partial charge in [-0.1, -0.05) is 12.1 Å². The van der Waals surface area contributed by atoms with E-state index in [2.05, 4.69) is 16.0 Å². The van der Waals surface area contributed by atoms with E-state index in [-0.39, 0.29) is 11.7 Å². The van der Waals surface area contributed by atoms with Gasteiger partial charge >= 0.3 is 0 Å². The fourth-order valence-corrected chi connectivity index (χ4v) is 3.61. The summed E-state index contributed by atoms with van der Waals surface area (Å²) >= 11 is 0. The number of carbonyl (C=O) groups is 3. The topological polar surface area (TPSA) is 113 Å². The summed E-state index contributed by atoms with van der Waals surface area (Å²) in [4.78, 5) is 37.9. The zero-order valence-electron chi connectivity index (χ0n) is 16.2. The molecule has 152 valence electrons. The first kappa shape index (κ1) is 20.3. The van der Waals surface area contributed by atoms with Crippen LogP contribution in [0.4, 0.5) is 4.39 Å². The molecule has 1 saturated carbocycles. The maximum Gasteiger partial charge on any atom is 0.246 e. The first-order valence-corrected chi connectivity index (χ1v) is 9.53. The van der Waals surface area contributed by atoms with Crippen molar-refractivity contribution < 1.29 is 18.8 Å². The van der Waals surface area contributed by atoms with E-state index >= 15 is 0 Å². The minimum Gasteiger partial charge on any atom is -0.368 e. The van der Waals surface area contributed by atoms with Gasteiger partial charge in [-0.2, -0.15) is 0 Å². The van der Waals surface area contributed by atoms with E-state index < -0.39 is 28.3 Å². The number of carbonyl (C=O) groups excluding carboxylic acids is 3. The fourth-order valence-electron chi connectivity index (χ4n) is 3.61. The quantitative estimate of drug-likeness (QED) is 0.566. The van der Waals surface area contributed by atoms with Gasteiger partial charge in [0.1, 0.15) is 16.9 Å². The number of amides is 3. The zero-order valence-corrected chi connectivity index (χ0v) is 16.2. The third-order valence-corrected chi connectivity index (χ3v) is 5.87. The number of hydrogen-bond donors (Lipinski definition) is 4. The fraction of sp³-hybridized carbons (Fsp3) is 0.550. The predicted octanol–water partition coefficient (Wildman–Crippen LogP) is 0.476. The van der Waals surface area contributed by atoms with Crippen molar-refractivity contribution in [3.05, 3.63) is 35.6 Å². The summed E-state index contributed by atoms with van der Waals surface area (Å²) < 4.78 is 13.3. The molecule has 7 nitrogen and oxygen atoms in total. The first-order chi connectivity index (χ1) is 13.1. The number of primary amides is 1. The van der Waals surface area contributed by atoms with E-state index in [9.17, 15) is 18.8 Å². The molecule has 5 N–H and O–H groups in total. The van der Waals surface area contributed by atoms with Crippen molar-refractivity contribution in [3.63, 3.8) is 0 Å². The number of piperidine rings is 1. The highest BCUT2D eigenvalue weighted by Gasteiger charge is 2.54. The second-order valence-corrected chi connectivity index (χ2v) is 8.32. The average molecular weight is 390 g/mol. The molecule has 1 aromatic rings. The van der Waals surface area contributed by atoms with Gasteiger partial charge in [-0.15, -0.1) is 0 Å². The summed E-state index contributed by atoms with van der Waals surface area (Å²) in [7, 11) is 0. The molecule has 0 bridgehead atoms. The number of nitrogens with two attached hydrogens (primary N) is 1. The van der Waals surface area contributed by atoms with Crippen molar-refractivity contribution in [2.75, 3.05) is 13.1 Å². The van der Waals surface area contributed by atoms with Crippen LogP contribution in [0.25, 0.3) is 0 Å². The van der Waals surface area contributed by atoms with Gasteiger partial charge < -0.3 is 21.7 Å². The summed E-state index contributed by atoms with van der Waals surface area (Å²) in [6.45, 7) is 4.19. The summed E-state index contributed by atoms with van der Waals surface area (Å²) in [5.41, 5.74) is 3.04. The summed E-state index contributed by atoms with van der Waals surface area (Å²) in [6, 6.07) is 5.91. The third-order valence-electron chi connectivity index (χ3n) is 5.87. The molecule has 1 heterocycles. The van der Waals surface area contributed by atoms with Crippen LogP contribution in [0.15, 0.2) is 24.3 Å². The van der Waals surface area contributed by atoms with Gasteiger partial charge in [-0.05, 0) is 70.3 Å². The number of rotatable bonds is 6. The number of halogens is 1. The Kier molecular flexibility index (Phi) is 5.18. The average Bonchev–Trinajstić information content (AvgIpc) is 3.44. The van der Waals surface area contributed by atoms with Crippen molar-refractivity contribution >= 4 is 17.7 Å². The second kappa shape index (κ2) is 7.16. The Morgan fingerprint density at radius 1 is 1.04 bits per heavy atom. The second-order valence-electron chi connectivity index (χ2n) is 8.32. The van der Waals surface area contributed by atoms with E-state index in [1.54, 1.807) is 12.1 Å². The Labute approximate surface area is 163 Å². The molecule has 3 rings (SSSR count). The lowest BCUT2D eigenvalue weighted by molar-refractivity contribution is -0.139. The van der Waals surface area contributed by atoms with Crippen LogP contribution in [0.1, 0.15) is 45.1 Å². The van der Waals surface area contributed by atoms with Crippen LogP contribution in [-0.2, 0) is 19.8 Å². The predicted molar refractivity (Wildman–Crippen MR) is 102 cm³/mol. The molecule has 1 aliphatic carbocycles. The molecular weight excluding hydrogens is 363 g/mol. The molecule has 2 aliphatic rings. The van der Waals surface area contributed by atoms with Crippen LogP contribution < -0.4 is 21.7 Å². The normalized spacial score (nSPS) is 20.1. The lowest BCUT2D eigenvalue weighted by atomic mass is 9.84. The minimum atomic E-state index is -1.23. The Hall–Kier alpha value is -2.48. The molecule has 28 heavy (non-hydrogen) atoms. The summed E-state index contributed by atoms with van der Waals surface area (Å²) in [5, 5.41) is 8.84. The molecule has 0 spiro atoms. The van der Waals surface area contributed by atoms with Gasteiger partial charge in [-0.25, -0.2) is 4.39 Å². The molecule has 3 amide bonds. The monoisotopic (exact) mass is 390 g/mol.